The Morgan fingerprint density at radius 1 is 1.18 bits per heavy atom. The zero-order chi connectivity index (χ0) is 12.3. The molecular weight excluding hydrogens is 284 g/mol. The molecule has 2 aromatic rings. The van der Waals surface area contributed by atoms with E-state index in [0.717, 1.165) is 4.47 Å². The molecule has 4 nitrogen and oxygen atoms in total. The average molecular weight is 295 g/mol. The first kappa shape index (κ1) is 11.7. The third kappa shape index (κ3) is 2.88. The lowest BCUT2D eigenvalue weighted by Crippen LogP contribution is -1.93. The second-order valence-corrected chi connectivity index (χ2v) is 4.24. The van der Waals surface area contributed by atoms with E-state index < -0.39 is 0 Å². The van der Waals surface area contributed by atoms with Gasteiger partial charge in [0.05, 0.1) is 7.11 Å². The van der Waals surface area contributed by atoms with Crippen LogP contribution in [0.5, 0.6) is 17.4 Å². The Balaban J connectivity index is 2.28. The van der Waals surface area contributed by atoms with Gasteiger partial charge in [0.2, 0.25) is 5.88 Å². The summed E-state index contributed by atoms with van der Waals surface area (Å²) in [6.07, 6.45) is 1.66. The van der Waals surface area contributed by atoms with Crippen molar-refractivity contribution in [1.29, 1.82) is 0 Å². The first-order valence-electron chi connectivity index (χ1n) is 4.92. The third-order valence-electron chi connectivity index (χ3n) is 2.10. The topological polar surface area (TPSA) is 57.4 Å². The molecule has 0 bridgehead atoms. The summed E-state index contributed by atoms with van der Waals surface area (Å²) >= 11 is 3.31. The van der Waals surface area contributed by atoms with Gasteiger partial charge in [-0.2, -0.15) is 0 Å². The first-order chi connectivity index (χ1) is 8.19. The van der Waals surface area contributed by atoms with Gasteiger partial charge in [0, 0.05) is 28.5 Å². The molecule has 0 saturated carbocycles. The Morgan fingerprint density at radius 3 is 2.65 bits per heavy atom. The van der Waals surface area contributed by atoms with Crippen LogP contribution in [0.15, 0.2) is 41.0 Å². The highest BCUT2D eigenvalue weighted by molar-refractivity contribution is 9.10. The largest absolute Gasteiger partial charge is 0.493 e. The fraction of sp³-hybridized carbons (Fsp3) is 0.0833. The Morgan fingerprint density at radius 2 is 2.00 bits per heavy atom. The summed E-state index contributed by atoms with van der Waals surface area (Å²) in [6, 6.07) is 8.81. The molecule has 1 heterocycles. The SMILES string of the molecule is COc1ccc(N)cc1Oc1ccc(Br)cn1. The molecule has 0 aliphatic carbocycles. The quantitative estimate of drug-likeness (QED) is 0.883. The van der Waals surface area contributed by atoms with Crippen molar-refractivity contribution in [3.8, 4) is 17.4 Å². The maximum absolute atomic E-state index is 5.70. The van der Waals surface area contributed by atoms with Gasteiger partial charge in [0.1, 0.15) is 0 Å². The molecule has 0 radical (unpaired) electrons. The lowest BCUT2D eigenvalue weighted by Gasteiger charge is -2.10. The molecule has 0 aliphatic heterocycles. The monoisotopic (exact) mass is 294 g/mol. The molecule has 2 N–H and O–H groups in total. The lowest BCUT2D eigenvalue weighted by molar-refractivity contribution is 0.374. The van der Waals surface area contributed by atoms with Crippen LogP contribution in [0.25, 0.3) is 0 Å². The third-order valence-corrected chi connectivity index (χ3v) is 2.57. The smallest absolute Gasteiger partial charge is 0.219 e. The van der Waals surface area contributed by atoms with Gasteiger partial charge in [-0.15, -0.1) is 0 Å². The van der Waals surface area contributed by atoms with Crippen molar-refractivity contribution in [2.45, 2.75) is 0 Å². The van der Waals surface area contributed by atoms with Gasteiger partial charge >= 0.3 is 0 Å². The van der Waals surface area contributed by atoms with E-state index in [1.165, 1.54) is 0 Å². The number of halogens is 1. The molecule has 0 saturated heterocycles. The number of methoxy groups -OCH3 is 1. The molecule has 0 spiro atoms. The average Bonchev–Trinajstić information content (AvgIpc) is 2.32. The molecule has 17 heavy (non-hydrogen) atoms. The van der Waals surface area contributed by atoms with Gasteiger partial charge in [0.25, 0.3) is 0 Å². The van der Waals surface area contributed by atoms with E-state index in [1.54, 1.807) is 37.6 Å². The second kappa shape index (κ2) is 5.05. The highest BCUT2D eigenvalue weighted by atomic mass is 79.9. The highest BCUT2D eigenvalue weighted by Crippen LogP contribution is 2.32. The van der Waals surface area contributed by atoms with Crippen LogP contribution in [0.4, 0.5) is 5.69 Å². The van der Waals surface area contributed by atoms with Crippen LogP contribution in [0.3, 0.4) is 0 Å². The van der Waals surface area contributed by atoms with Crippen LogP contribution in [-0.2, 0) is 0 Å². The van der Waals surface area contributed by atoms with Gasteiger partial charge in [-0.1, -0.05) is 0 Å². The number of rotatable bonds is 3. The number of benzene rings is 1. The lowest BCUT2D eigenvalue weighted by atomic mass is 10.3. The minimum absolute atomic E-state index is 0.483. The van der Waals surface area contributed by atoms with E-state index >= 15 is 0 Å². The summed E-state index contributed by atoms with van der Waals surface area (Å²) in [5, 5.41) is 0. The number of hydrogen-bond acceptors (Lipinski definition) is 4. The van der Waals surface area contributed by atoms with Gasteiger partial charge in [-0.25, -0.2) is 4.98 Å². The molecule has 88 valence electrons. The van der Waals surface area contributed by atoms with E-state index in [2.05, 4.69) is 20.9 Å². The Kier molecular flexibility index (Phi) is 3.49. The van der Waals surface area contributed by atoms with Gasteiger partial charge in [0.15, 0.2) is 11.5 Å². The maximum Gasteiger partial charge on any atom is 0.219 e. The minimum atomic E-state index is 0.483. The number of hydrogen-bond donors (Lipinski definition) is 1. The summed E-state index contributed by atoms with van der Waals surface area (Å²) in [6.45, 7) is 0. The summed E-state index contributed by atoms with van der Waals surface area (Å²) in [4.78, 5) is 4.11. The van der Waals surface area contributed by atoms with Crippen molar-refractivity contribution < 1.29 is 9.47 Å². The minimum Gasteiger partial charge on any atom is -0.493 e. The standard InChI is InChI=1S/C12H11BrN2O2/c1-16-10-4-3-9(14)6-11(10)17-12-5-2-8(13)7-15-12/h2-7H,14H2,1H3. The second-order valence-electron chi connectivity index (χ2n) is 3.33. The van der Waals surface area contributed by atoms with E-state index in [4.69, 9.17) is 15.2 Å². The molecule has 0 aliphatic rings. The normalized spacial score (nSPS) is 10.0. The molecule has 5 heteroatoms. The van der Waals surface area contributed by atoms with E-state index in [9.17, 15) is 0 Å². The van der Waals surface area contributed by atoms with Crippen molar-refractivity contribution in [3.63, 3.8) is 0 Å². The zero-order valence-corrected chi connectivity index (χ0v) is 10.8. The predicted octanol–water partition coefficient (Wildman–Crippen LogP) is 3.23. The van der Waals surface area contributed by atoms with Crippen LogP contribution < -0.4 is 15.2 Å². The number of pyridine rings is 1. The molecule has 0 unspecified atom stereocenters. The summed E-state index contributed by atoms with van der Waals surface area (Å²) < 4.78 is 11.7. The Labute approximate surface area is 108 Å². The summed E-state index contributed by atoms with van der Waals surface area (Å²) in [5.74, 6) is 1.64. The number of nitrogens with two attached hydrogens (primary N) is 1. The van der Waals surface area contributed by atoms with Crippen molar-refractivity contribution >= 4 is 21.6 Å². The fourth-order valence-electron chi connectivity index (χ4n) is 1.31. The molecule has 2 rings (SSSR count). The fourth-order valence-corrected chi connectivity index (χ4v) is 1.54. The van der Waals surface area contributed by atoms with Crippen LogP contribution in [0.2, 0.25) is 0 Å². The van der Waals surface area contributed by atoms with E-state index in [0.29, 0.717) is 23.1 Å². The van der Waals surface area contributed by atoms with Crippen LogP contribution in [0.1, 0.15) is 0 Å². The molecule has 0 fully saturated rings. The number of nitrogen functional groups attached to an aromatic ring is 1. The number of anilines is 1. The number of aromatic nitrogens is 1. The molecular formula is C12H11BrN2O2. The molecule has 0 amide bonds. The number of ether oxygens (including phenoxy) is 2. The van der Waals surface area contributed by atoms with E-state index in [1.807, 2.05) is 6.07 Å². The van der Waals surface area contributed by atoms with Crippen molar-refractivity contribution in [3.05, 3.63) is 41.0 Å². The van der Waals surface area contributed by atoms with Crippen molar-refractivity contribution in [2.75, 3.05) is 12.8 Å². The Hall–Kier alpha value is -1.75. The van der Waals surface area contributed by atoms with Gasteiger partial charge in [-0.3, -0.25) is 0 Å². The van der Waals surface area contributed by atoms with Gasteiger partial charge < -0.3 is 15.2 Å². The number of nitrogens with zero attached hydrogens (tertiary/aromatic N) is 1. The van der Waals surface area contributed by atoms with Crippen molar-refractivity contribution in [1.82, 2.24) is 4.98 Å². The van der Waals surface area contributed by atoms with E-state index in [-0.39, 0.29) is 0 Å². The first-order valence-corrected chi connectivity index (χ1v) is 5.71. The Bertz CT molecular complexity index is 514. The predicted molar refractivity (Wildman–Crippen MR) is 69.4 cm³/mol. The zero-order valence-electron chi connectivity index (χ0n) is 9.18. The van der Waals surface area contributed by atoms with Crippen LogP contribution in [-0.4, -0.2) is 12.1 Å². The molecule has 0 atom stereocenters. The molecule has 1 aromatic carbocycles. The summed E-state index contributed by atoms with van der Waals surface area (Å²) in [7, 11) is 1.58. The molecule has 1 aromatic heterocycles. The highest BCUT2D eigenvalue weighted by Gasteiger charge is 2.06. The van der Waals surface area contributed by atoms with Crippen LogP contribution >= 0.6 is 15.9 Å². The maximum atomic E-state index is 5.70. The van der Waals surface area contributed by atoms with Crippen molar-refractivity contribution in [2.24, 2.45) is 0 Å². The van der Waals surface area contributed by atoms with Crippen LogP contribution in [0, 0.1) is 0 Å². The van der Waals surface area contributed by atoms with Gasteiger partial charge in [-0.05, 0) is 34.1 Å². The summed E-state index contributed by atoms with van der Waals surface area (Å²) in [5.41, 5.74) is 6.31.